The van der Waals surface area contributed by atoms with Crippen LogP contribution in [0, 0.1) is 5.92 Å². The summed E-state index contributed by atoms with van der Waals surface area (Å²) < 4.78 is 0. The molecule has 82 valence electrons. The Morgan fingerprint density at radius 1 is 1.29 bits per heavy atom. The maximum Gasteiger partial charge on any atom is 0.00797 e. The zero-order chi connectivity index (χ0) is 9.80. The van der Waals surface area contributed by atoms with E-state index in [4.69, 9.17) is 0 Å². The van der Waals surface area contributed by atoms with Crippen molar-refractivity contribution < 1.29 is 0 Å². The summed E-state index contributed by atoms with van der Waals surface area (Å²) in [5.74, 6) is 1.05. The van der Waals surface area contributed by atoms with Gasteiger partial charge in [0.15, 0.2) is 0 Å². The molecule has 1 aliphatic carbocycles. The van der Waals surface area contributed by atoms with E-state index in [1.807, 2.05) is 0 Å². The first-order chi connectivity index (χ1) is 6.88. The SMILES string of the molecule is CCN(CCC1CCCN1)CC1CC1. The lowest BCUT2D eigenvalue weighted by Gasteiger charge is -2.22. The van der Waals surface area contributed by atoms with E-state index in [1.165, 1.54) is 58.3 Å². The second-order valence-corrected chi connectivity index (χ2v) is 4.92. The predicted octanol–water partition coefficient (Wildman–Crippen LogP) is 1.86. The summed E-state index contributed by atoms with van der Waals surface area (Å²) >= 11 is 0. The van der Waals surface area contributed by atoms with Crippen LogP contribution in [0.1, 0.15) is 39.0 Å². The van der Waals surface area contributed by atoms with Gasteiger partial charge in [0.2, 0.25) is 0 Å². The monoisotopic (exact) mass is 196 g/mol. The first-order valence-corrected chi connectivity index (χ1v) is 6.34. The molecule has 2 aliphatic rings. The van der Waals surface area contributed by atoms with Gasteiger partial charge in [-0.15, -0.1) is 0 Å². The first-order valence-electron chi connectivity index (χ1n) is 6.34. The summed E-state index contributed by atoms with van der Waals surface area (Å²) in [6, 6.07) is 0.822. The Morgan fingerprint density at radius 2 is 2.14 bits per heavy atom. The molecule has 0 aromatic heterocycles. The first kappa shape index (κ1) is 10.4. The number of hydrogen-bond donors (Lipinski definition) is 1. The highest BCUT2D eigenvalue weighted by Gasteiger charge is 2.24. The van der Waals surface area contributed by atoms with Gasteiger partial charge in [-0.2, -0.15) is 0 Å². The van der Waals surface area contributed by atoms with E-state index < -0.39 is 0 Å². The van der Waals surface area contributed by atoms with E-state index >= 15 is 0 Å². The van der Waals surface area contributed by atoms with Crippen LogP contribution < -0.4 is 5.32 Å². The Kier molecular flexibility index (Phi) is 3.82. The van der Waals surface area contributed by atoms with Crippen molar-refractivity contribution >= 4 is 0 Å². The molecule has 1 N–H and O–H groups in total. The highest BCUT2D eigenvalue weighted by molar-refractivity contribution is 4.79. The van der Waals surface area contributed by atoms with Crippen molar-refractivity contribution in [1.29, 1.82) is 0 Å². The molecule has 1 unspecified atom stereocenters. The highest BCUT2D eigenvalue weighted by Crippen LogP contribution is 2.29. The molecule has 14 heavy (non-hydrogen) atoms. The number of rotatable bonds is 6. The average molecular weight is 196 g/mol. The molecule has 1 aliphatic heterocycles. The molecule has 0 aromatic carbocycles. The van der Waals surface area contributed by atoms with Gasteiger partial charge in [-0.1, -0.05) is 6.92 Å². The van der Waals surface area contributed by atoms with Crippen LogP contribution in [0.5, 0.6) is 0 Å². The zero-order valence-electron chi connectivity index (χ0n) is 9.47. The molecule has 0 amide bonds. The lowest BCUT2D eigenvalue weighted by atomic mass is 10.1. The van der Waals surface area contributed by atoms with Crippen molar-refractivity contribution in [2.75, 3.05) is 26.2 Å². The van der Waals surface area contributed by atoms with Crippen LogP contribution in [0.3, 0.4) is 0 Å². The van der Waals surface area contributed by atoms with Gasteiger partial charge in [0.1, 0.15) is 0 Å². The van der Waals surface area contributed by atoms with Gasteiger partial charge >= 0.3 is 0 Å². The van der Waals surface area contributed by atoms with Crippen molar-refractivity contribution in [3.63, 3.8) is 0 Å². The highest BCUT2D eigenvalue weighted by atomic mass is 15.1. The molecule has 0 radical (unpaired) electrons. The fourth-order valence-electron chi connectivity index (χ4n) is 2.39. The standard InChI is InChI=1S/C12H24N2/c1-2-14(10-11-5-6-11)9-7-12-4-3-8-13-12/h11-13H,2-10H2,1H3. The van der Waals surface area contributed by atoms with Crippen LogP contribution in [-0.4, -0.2) is 37.1 Å². The van der Waals surface area contributed by atoms with Gasteiger partial charge < -0.3 is 10.2 Å². The summed E-state index contributed by atoms with van der Waals surface area (Å²) in [4.78, 5) is 2.64. The molecule has 0 aromatic rings. The Balaban J connectivity index is 1.60. The Labute approximate surface area is 88.1 Å². The van der Waals surface area contributed by atoms with E-state index in [0.717, 1.165) is 12.0 Å². The average Bonchev–Trinajstić information content (AvgIpc) is 2.86. The molecule has 0 spiro atoms. The number of hydrogen-bond acceptors (Lipinski definition) is 2. The summed E-state index contributed by atoms with van der Waals surface area (Å²) in [6.07, 6.45) is 7.12. The van der Waals surface area contributed by atoms with Crippen LogP contribution in [0.25, 0.3) is 0 Å². The van der Waals surface area contributed by atoms with Gasteiger partial charge in [0, 0.05) is 12.6 Å². The van der Waals surface area contributed by atoms with Crippen molar-refractivity contribution in [3.8, 4) is 0 Å². The summed E-state index contributed by atoms with van der Waals surface area (Å²) in [5.41, 5.74) is 0. The molecule has 1 heterocycles. The van der Waals surface area contributed by atoms with E-state index in [2.05, 4.69) is 17.1 Å². The molecule has 2 fully saturated rings. The van der Waals surface area contributed by atoms with Crippen LogP contribution in [0.2, 0.25) is 0 Å². The lowest BCUT2D eigenvalue weighted by molar-refractivity contribution is 0.262. The lowest BCUT2D eigenvalue weighted by Crippen LogP contribution is -2.32. The van der Waals surface area contributed by atoms with Crippen LogP contribution in [0.4, 0.5) is 0 Å². The smallest absolute Gasteiger partial charge is 0.00797 e. The zero-order valence-corrected chi connectivity index (χ0v) is 9.47. The third kappa shape index (κ3) is 3.25. The summed E-state index contributed by atoms with van der Waals surface area (Å²) in [6.45, 7) is 7.46. The van der Waals surface area contributed by atoms with Gasteiger partial charge in [0.25, 0.3) is 0 Å². The predicted molar refractivity (Wildman–Crippen MR) is 60.5 cm³/mol. The molecule has 2 nitrogen and oxygen atoms in total. The normalized spacial score (nSPS) is 27.4. The second-order valence-electron chi connectivity index (χ2n) is 4.92. The fraction of sp³-hybridized carbons (Fsp3) is 1.00. The number of nitrogens with one attached hydrogen (secondary N) is 1. The molecule has 1 atom stereocenters. The third-order valence-electron chi connectivity index (χ3n) is 3.62. The topological polar surface area (TPSA) is 15.3 Å². The Morgan fingerprint density at radius 3 is 2.71 bits per heavy atom. The van der Waals surface area contributed by atoms with Crippen LogP contribution in [0.15, 0.2) is 0 Å². The quantitative estimate of drug-likeness (QED) is 0.697. The van der Waals surface area contributed by atoms with E-state index in [0.29, 0.717) is 0 Å². The van der Waals surface area contributed by atoms with Crippen LogP contribution >= 0.6 is 0 Å². The minimum Gasteiger partial charge on any atom is -0.314 e. The molecule has 2 rings (SSSR count). The van der Waals surface area contributed by atoms with E-state index in [-0.39, 0.29) is 0 Å². The third-order valence-corrected chi connectivity index (χ3v) is 3.62. The molecule has 1 saturated carbocycles. The van der Waals surface area contributed by atoms with Crippen molar-refractivity contribution in [2.45, 2.75) is 45.1 Å². The summed E-state index contributed by atoms with van der Waals surface area (Å²) in [7, 11) is 0. The van der Waals surface area contributed by atoms with Crippen LogP contribution in [-0.2, 0) is 0 Å². The van der Waals surface area contributed by atoms with Crippen molar-refractivity contribution in [3.05, 3.63) is 0 Å². The summed E-state index contributed by atoms with van der Waals surface area (Å²) in [5, 5.41) is 3.58. The largest absolute Gasteiger partial charge is 0.314 e. The molecule has 1 saturated heterocycles. The Hall–Kier alpha value is -0.0800. The maximum absolute atomic E-state index is 3.58. The number of nitrogens with zero attached hydrogens (tertiary/aromatic N) is 1. The Bertz CT molecular complexity index is 160. The van der Waals surface area contributed by atoms with Gasteiger partial charge in [-0.25, -0.2) is 0 Å². The second kappa shape index (κ2) is 5.13. The molecule has 2 heteroatoms. The van der Waals surface area contributed by atoms with Crippen molar-refractivity contribution in [2.24, 2.45) is 5.92 Å². The van der Waals surface area contributed by atoms with Gasteiger partial charge in [0.05, 0.1) is 0 Å². The fourth-order valence-corrected chi connectivity index (χ4v) is 2.39. The molecular weight excluding hydrogens is 172 g/mol. The van der Waals surface area contributed by atoms with Gasteiger partial charge in [-0.05, 0) is 57.7 Å². The molecular formula is C12H24N2. The van der Waals surface area contributed by atoms with E-state index in [1.54, 1.807) is 0 Å². The van der Waals surface area contributed by atoms with Crippen molar-refractivity contribution in [1.82, 2.24) is 10.2 Å². The van der Waals surface area contributed by atoms with Gasteiger partial charge in [-0.3, -0.25) is 0 Å². The van der Waals surface area contributed by atoms with E-state index in [9.17, 15) is 0 Å². The minimum atomic E-state index is 0.822. The maximum atomic E-state index is 3.58. The molecule has 0 bridgehead atoms. The minimum absolute atomic E-state index is 0.822.